The SMILES string of the molecule is Cn1ccnc1C(=O)c1ccc(NC(=O)c2ccc(-c3cnco3)cc2)cc1. The summed E-state index contributed by atoms with van der Waals surface area (Å²) >= 11 is 0. The van der Waals surface area contributed by atoms with E-state index in [2.05, 4.69) is 15.3 Å². The van der Waals surface area contributed by atoms with E-state index in [-0.39, 0.29) is 11.7 Å². The van der Waals surface area contributed by atoms with Gasteiger partial charge < -0.3 is 14.3 Å². The zero-order valence-electron chi connectivity index (χ0n) is 15.0. The van der Waals surface area contributed by atoms with Crippen LogP contribution in [0.25, 0.3) is 11.3 Å². The van der Waals surface area contributed by atoms with Crippen LogP contribution in [0, 0.1) is 0 Å². The number of carbonyl (C=O) groups is 2. The van der Waals surface area contributed by atoms with Gasteiger partial charge in [-0.15, -0.1) is 0 Å². The van der Waals surface area contributed by atoms with E-state index in [0.29, 0.717) is 28.4 Å². The maximum Gasteiger partial charge on any atom is 0.255 e. The Morgan fingerprint density at radius 1 is 1.00 bits per heavy atom. The second-order valence-electron chi connectivity index (χ2n) is 6.17. The number of rotatable bonds is 5. The molecule has 138 valence electrons. The van der Waals surface area contributed by atoms with Gasteiger partial charge in [0.25, 0.3) is 5.91 Å². The smallest absolute Gasteiger partial charge is 0.255 e. The van der Waals surface area contributed by atoms with Gasteiger partial charge in [0.05, 0.1) is 6.20 Å². The lowest BCUT2D eigenvalue weighted by atomic mass is 10.1. The van der Waals surface area contributed by atoms with Gasteiger partial charge in [-0.1, -0.05) is 12.1 Å². The van der Waals surface area contributed by atoms with Gasteiger partial charge in [0.15, 0.2) is 18.0 Å². The van der Waals surface area contributed by atoms with Crippen LogP contribution in [0.4, 0.5) is 5.69 Å². The van der Waals surface area contributed by atoms with Crippen LogP contribution in [-0.2, 0) is 7.05 Å². The Morgan fingerprint density at radius 2 is 1.71 bits per heavy atom. The van der Waals surface area contributed by atoms with Gasteiger partial charge in [-0.3, -0.25) is 9.59 Å². The van der Waals surface area contributed by atoms with Crippen LogP contribution >= 0.6 is 0 Å². The van der Waals surface area contributed by atoms with Crippen LogP contribution in [0.1, 0.15) is 26.5 Å². The monoisotopic (exact) mass is 372 g/mol. The fourth-order valence-corrected chi connectivity index (χ4v) is 2.77. The molecule has 4 rings (SSSR count). The number of benzene rings is 2. The molecule has 28 heavy (non-hydrogen) atoms. The summed E-state index contributed by atoms with van der Waals surface area (Å²) in [5.41, 5.74) is 2.45. The van der Waals surface area contributed by atoms with Crippen molar-refractivity contribution in [3.05, 3.63) is 90.5 Å². The lowest BCUT2D eigenvalue weighted by molar-refractivity contribution is 0.102. The summed E-state index contributed by atoms with van der Waals surface area (Å²) in [6.07, 6.45) is 6.27. The zero-order valence-corrected chi connectivity index (χ0v) is 15.0. The highest BCUT2D eigenvalue weighted by Crippen LogP contribution is 2.20. The number of nitrogens with zero attached hydrogens (tertiary/aromatic N) is 3. The molecule has 4 aromatic rings. The van der Waals surface area contributed by atoms with Gasteiger partial charge in [0.1, 0.15) is 0 Å². The summed E-state index contributed by atoms with van der Waals surface area (Å²) in [5, 5.41) is 2.82. The minimum Gasteiger partial charge on any atom is -0.444 e. The standard InChI is InChI=1S/C21H16N4O3/c1-25-11-10-23-20(25)19(26)15-6-8-17(9-7-15)24-21(27)16-4-2-14(3-5-16)18-12-22-13-28-18/h2-13H,1H3,(H,24,27). The van der Waals surface area contributed by atoms with Gasteiger partial charge in [-0.25, -0.2) is 9.97 Å². The van der Waals surface area contributed by atoms with Crippen molar-refractivity contribution in [1.82, 2.24) is 14.5 Å². The second kappa shape index (κ2) is 7.32. The summed E-state index contributed by atoms with van der Waals surface area (Å²) in [5.74, 6) is 0.587. The Labute approximate surface area is 160 Å². The molecule has 1 amide bonds. The third-order valence-electron chi connectivity index (χ3n) is 4.29. The number of aromatic nitrogens is 3. The average molecular weight is 372 g/mol. The maximum atomic E-state index is 12.4. The first-order valence-corrected chi connectivity index (χ1v) is 8.54. The fraction of sp³-hybridized carbons (Fsp3) is 0.0476. The minimum absolute atomic E-state index is 0.173. The molecule has 2 heterocycles. The van der Waals surface area contributed by atoms with Crippen LogP contribution in [0.2, 0.25) is 0 Å². The lowest BCUT2D eigenvalue weighted by Gasteiger charge is -2.07. The topological polar surface area (TPSA) is 90.0 Å². The molecule has 0 atom stereocenters. The highest BCUT2D eigenvalue weighted by atomic mass is 16.3. The second-order valence-corrected chi connectivity index (χ2v) is 6.17. The molecular weight excluding hydrogens is 356 g/mol. The Bertz CT molecular complexity index is 1110. The number of amides is 1. The Morgan fingerprint density at radius 3 is 2.32 bits per heavy atom. The number of ketones is 1. The van der Waals surface area contributed by atoms with E-state index in [1.54, 1.807) is 78.7 Å². The molecule has 0 saturated carbocycles. The van der Waals surface area contributed by atoms with Crippen molar-refractivity contribution < 1.29 is 14.0 Å². The minimum atomic E-state index is -0.243. The van der Waals surface area contributed by atoms with Gasteiger partial charge >= 0.3 is 0 Å². The van der Waals surface area contributed by atoms with Crippen molar-refractivity contribution in [1.29, 1.82) is 0 Å². The van der Waals surface area contributed by atoms with Gasteiger partial charge in [0.2, 0.25) is 5.78 Å². The highest BCUT2D eigenvalue weighted by Gasteiger charge is 2.14. The number of hydrogen-bond acceptors (Lipinski definition) is 5. The number of hydrogen-bond donors (Lipinski definition) is 1. The van der Waals surface area contributed by atoms with E-state index in [9.17, 15) is 9.59 Å². The number of oxazole rings is 1. The van der Waals surface area contributed by atoms with E-state index < -0.39 is 0 Å². The van der Waals surface area contributed by atoms with Crippen LogP contribution < -0.4 is 5.32 Å². The first kappa shape index (κ1) is 17.4. The quantitative estimate of drug-likeness (QED) is 0.541. The molecule has 0 radical (unpaired) electrons. The molecule has 0 saturated heterocycles. The van der Waals surface area contributed by atoms with Crippen molar-refractivity contribution in [2.24, 2.45) is 7.05 Å². The predicted octanol–water partition coefficient (Wildman–Crippen LogP) is 3.56. The average Bonchev–Trinajstić information content (AvgIpc) is 3.40. The highest BCUT2D eigenvalue weighted by molar-refractivity contribution is 6.07. The Kier molecular flexibility index (Phi) is 4.55. The lowest BCUT2D eigenvalue weighted by Crippen LogP contribution is -2.12. The third-order valence-corrected chi connectivity index (χ3v) is 4.29. The molecule has 2 aromatic heterocycles. The summed E-state index contributed by atoms with van der Waals surface area (Å²) in [4.78, 5) is 32.8. The number of anilines is 1. The normalized spacial score (nSPS) is 10.6. The molecule has 2 aromatic carbocycles. The van der Waals surface area contributed by atoms with Crippen molar-refractivity contribution >= 4 is 17.4 Å². The zero-order chi connectivity index (χ0) is 19.5. The molecule has 0 aliphatic rings. The molecular formula is C21H16N4O3. The van der Waals surface area contributed by atoms with Crippen LogP contribution in [0.15, 0.2) is 77.9 Å². The van der Waals surface area contributed by atoms with E-state index in [4.69, 9.17) is 4.42 Å². The molecule has 1 N–H and O–H groups in total. The number of aryl methyl sites for hydroxylation is 1. The molecule has 7 heteroatoms. The summed E-state index contributed by atoms with van der Waals surface area (Å²) < 4.78 is 6.90. The summed E-state index contributed by atoms with van der Waals surface area (Å²) in [6, 6.07) is 13.7. The molecule has 0 spiro atoms. The molecule has 0 unspecified atom stereocenters. The van der Waals surface area contributed by atoms with Gasteiger partial charge in [0, 0.05) is 41.8 Å². The van der Waals surface area contributed by atoms with Crippen molar-refractivity contribution in [3.63, 3.8) is 0 Å². The van der Waals surface area contributed by atoms with Gasteiger partial charge in [-0.05, 0) is 36.4 Å². The van der Waals surface area contributed by atoms with Crippen LogP contribution in [-0.4, -0.2) is 26.2 Å². The number of imidazole rings is 1. The largest absolute Gasteiger partial charge is 0.444 e. The number of nitrogens with one attached hydrogen (secondary N) is 1. The Hall–Kier alpha value is -4.00. The summed E-state index contributed by atoms with van der Waals surface area (Å²) in [6.45, 7) is 0. The van der Waals surface area contributed by atoms with Crippen LogP contribution in [0.3, 0.4) is 0 Å². The first-order chi connectivity index (χ1) is 13.6. The van der Waals surface area contributed by atoms with E-state index >= 15 is 0 Å². The molecule has 0 aliphatic carbocycles. The predicted molar refractivity (Wildman–Crippen MR) is 103 cm³/mol. The van der Waals surface area contributed by atoms with Crippen LogP contribution in [0.5, 0.6) is 0 Å². The number of carbonyl (C=O) groups excluding carboxylic acids is 2. The van der Waals surface area contributed by atoms with Crippen molar-refractivity contribution in [2.75, 3.05) is 5.32 Å². The Balaban J connectivity index is 1.45. The molecule has 0 fully saturated rings. The van der Waals surface area contributed by atoms with E-state index in [1.165, 1.54) is 6.39 Å². The fourth-order valence-electron chi connectivity index (χ4n) is 2.77. The first-order valence-electron chi connectivity index (χ1n) is 8.54. The molecule has 7 nitrogen and oxygen atoms in total. The maximum absolute atomic E-state index is 12.4. The van der Waals surface area contributed by atoms with Gasteiger partial charge in [-0.2, -0.15) is 0 Å². The summed E-state index contributed by atoms with van der Waals surface area (Å²) in [7, 11) is 1.77. The van der Waals surface area contributed by atoms with Crippen molar-refractivity contribution in [3.8, 4) is 11.3 Å². The third kappa shape index (κ3) is 3.45. The van der Waals surface area contributed by atoms with Crippen molar-refractivity contribution in [2.45, 2.75) is 0 Å². The van der Waals surface area contributed by atoms with E-state index in [1.807, 2.05) is 0 Å². The molecule has 0 aliphatic heterocycles. The van der Waals surface area contributed by atoms with E-state index in [0.717, 1.165) is 5.56 Å². The molecule has 0 bridgehead atoms.